The van der Waals surface area contributed by atoms with E-state index >= 15 is 0 Å². The molecule has 0 spiro atoms. The Bertz CT molecular complexity index is 2120. The molecule has 11 nitrogen and oxygen atoms in total. The maximum Gasteiger partial charge on any atom is 0.338 e. The van der Waals surface area contributed by atoms with Gasteiger partial charge in [-0.1, -0.05) is 84.9 Å². The number of rotatable bonds is 9. The first kappa shape index (κ1) is 32.8. The maximum absolute atomic E-state index is 13.7. The second-order valence-corrected chi connectivity index (χ2v) is 12.7. The number of benzene rings is 4. The highest BCUT2D eigenvalue weighted by Crippen LogP contribution is 2.45. The second-order valence-electron chi connectivity index (χ2n) is 11.6. The van der Waals surface area contributed by atoms with E-state index in [1.165, 1.54) is 16.3 Å². The number of thioether (sulfide) groups is 1. The first-order valence-corrected chi connectivity index (χ1v) is 16.9. The van der Waals surface area contributed by atoms with E-state index in [1.807, 2.05) is 30.3 Å². The van der Waals surface area contributed by atoms with Gasteiger partial charge in [0, 0.05) is 11.4 Å². The van der Waals surface area contributed by atoms with E-state index in [4.69, 9.17) is 18.9 Å². The summed E-state index contributed by atoms with van der Waals surface area (Å²) < 4.78 is 25.3. The number of H-pyrrole nitrogens is 1. The average molecular weight is 691 g/mol. The predicted molar refractivity (Wildman–Crippen MR) is 183 cm³/mol. The standard InChI is InChI=1S/C38H30N2O9S/c41-33-29-27(22-50-32(29)23-13-5-1-6-14-23)40(38(45)39-33)34-31(49-37(44)26-19-11-4-12-20-26)30(48-36(43)25-17-9-3-10-18-25)28(47-34)21-46-35(42)24-15-7-2-8-16-24/h1-20,28,30-32,34H,21-22H2,(H,39,41,45)/t28-,30-,31-,32?,34-/m1/s1. The number of carbonyl (C=O) groups excluding carboxylic acids is 3. The number of nitrogens with zero attached hydrogens (tertiary/aromatic N) is 1. The maximum atomic E-state index is 13.7. The Morgan fingerprint density at radius 2 is 1.20 bits per heavy atom. The third kappa shape index (κ3) is 6.63. The van der Waals surface area contributed by atoms with Crippen molar-refractivity contribution in [1.29, 1.82) is 0 Å². The lowest BCUT2D eigenvalue weighted by Crippen LogP contribution is -2.44. The van der Waals surface area contributed by atoms with E-state index in [2.05, 4.69) is 4.98 Å². The van der Waals surface area contributed by atoms with Gasteiger partial charge in [0.1, 0.15) is 12.7 Å². The Labute approximate surface area is 289 Å². The Balaban J connectivity index is 1.31. The van der Waals surface area contributed by atoms with Gasteiger partial charge in [-0.2, -0.15) is 0 Å². The van der Waals surface area contributed by atoms with Gasteiger partial charge in [0.2, 0.25) is 0 Å². The van der Waals surface area contributed by atoms with Crippen LogP contribution in [0.25, 0.3) is 0 Å². The largest absolute Gasteiger partial charge is 0.459 e. The molecule has 5 atom stereocenters. The van der Waals surface area contributed by atoms with Crippen LogP contribution in [0.5, 0.6) is 0 Å². The quantitative estimate of drug-likeness (QED) is 0.164. The van der Waals surface area contributed by atoms with Gasteiger partial charge >= 0.3 is 23.6 Å². The van der Waals surface area contributed by atoms with Crippen LogP contribution in [0.15, 0.2) is 131 Å². The zero-order valence-electron chi connectivity index (χ0n) is 26.4. The molecule has 3 heterocycles. The van der Waals surface area contributed by atoms with E-state index in [9.17, 15) is 24.0 Å². The molecule has 0 aliphatic carbocycles. The van der Waals surface area contributed by atoms with Crippen LogP contribution >= 0.6 is 11.8 Å². The Morgan fingerprint density at radius 1 is 0.700 bits per heavy atom. The smallest absolute Gasteiger partial charge is 0.338 e. The molecule has 7 rings (SSSR count). The van der Waals surface area contributed by atoms with Crippen LogP contribution < -0.4 is 11.2 Å². The highest BCUT2D eigenvalue weighted by Gasteiger charge is 2.53. The Morgan fingerprint density at radius 3 is 1.76 bits per heavy atom. The molecule has 0 bridgehead atoms. The van der Waals surface area contributed by atoms with Gasteiger partial charge in [-0.05, 0) is 42.0 Å². The molecule has 5 aromatic rings. The van der Waals surface area contributed by atoms with E-state index in [0.717, 1.165) is 5.56 Å². The van der Waals surface area contributed by atoms with Gasteiger partial charge in [-0.15, -0.1) is 11.8 Å². The van der Waals surface area contributed by atoms with Crippen LogP contribution in [0.3, 0.4) is 0 Å². The van der Waals surface area contributed by atoms with Crippen LogP contribution in [0.1, 0.15) is 59.4 Å². The number of aromatic nitrogens is 2. The lowest BCUT2D eigenvalue weighted by atomic mass is 10.0. The van der Waals surface area contributed by atoms with Crippen molar-refractivity contribution in [2.45, 2.75) is 35.5 Å². The number of hydrogen-bond donors (Lipinski definition) is 1. The van der Waals surface area contributed by atoms with E-state index in [0.29, 0.717) is 11.3 Å². The predicted octanol–water partition coefficient (Wildman–Crippen LogP) is 5.08. The Kier molecular flexibility index (Phi) is 9.45. The highest BCUT2D eigenvalue weighted by molar-refractivity contribution is 7.99. The van der Waals surface area contributed by atoms with Crippen LogP contribution in [0, 0.1) is 0 Å². The number of carbonyl (C=O) groups is 3. The van der Waals surface area contributed by atoms with Gasteiger partial charge < -0.3 is 18.9 Å². The van der Waals surface area contributed by atoms with E-state index < -0.39 is 60.3 Å². The minimum absolute atomic E-state index is 0.206. The molecule has 1 N–H and O–H groups in total. The SMILES string of the molecule is O=C(OC[C@H]1O[C@@H](n2c3c(c(=O)[nH]c2=O)C(c2ccccc2)SC3)[C@H](OC(=O)c2ccccc2)[C@@H]1OC(=O)c1ccccc1)c1ccccc1. The van der Waals surface area contributed by atoms with Crippen molar-refractivity contribution < 1.29 is 33.3 Å². The van der Waals surface area contributed by atoms with Gasteiger partial charge in [0.25, 0.3) is 5.56 Å². The van der Waals surface area contributed by atoms with Gasteiger partial charge in [-0.25, -0.2) is 19.2 Å². The topological polar surface area (TPSA) is 143 Å². The first-order valence-electron chi connectivity index (χ1n) is 15.8. The Hall–Kier alpha value is -5.72. The fourth-order valence-corrected chi connectivity index (χ4v) is 7.47. The van der Waals surface area contributed by atoms with Crippen molar-refractivity contribution in [3.8, 4) is 0 Å². The number of hydrogen-bond acceptors (Lipinski definition) is 10. The molecule has 0 saturated carbocycles. The zero-order chi connectivity index (χ0) is 34.6. The first-order chi connectivity index (χ1) is 24.4. The summed E-state index contributed by atoms with van der Waals surface area (Å²) >= 11 is 1.46. The van der Waals surface area contributed by atoms with Crippen LogP contribution in [-0.4, -0.2) is 52.4 Å². The van der Waals surface area contributed by atoms with Crippen molar-refractivity contribution >= 4 is 29.7 Å². The van der Waals surface area contributed by atoms with Crippen molar-refractivity contribution in [3.05, 3.63) is 176 Å². The van der Waals surface area contributed by atoms with E-state index in [1.54, 1.807) is 91.0 Å². The van der Waals surface area contributed by atoms with Crippen molar-refractivity contribution in [2.75, 3.05) is 6.61 Å². The molecule has 1 fully saturated rings. The molecule has 1 saturated heterocycles. The molecule has 0 radical (unpaired) electrons. The van der Waals surface area contributed by atoms with Crippen LogP contribution in [0.4, 0.5) is 0 Å². The molecule has 4 aromatic carbocycles. The molecule has 2 aliphatic heterocycles. The normalized spacial score (nSPS) is 20.8. The van der Waals surface area contributed by atoms with Crippen molar-refractivity contribution in [1.82, 2.24) is 9.55 Å². The molecule has 1 unspecified atom stereocenters. The summed E-state index contributed by atoms with van der Waals surface area (Å²) in [5.41, 5.74) is 0.954. The van der Waals surface area contributed by atoms with Crippen molar-refractivity contribution in [3.63, 3.8) is 0 Å². The van der Waals surface area contributed by atoms with Gasteiger partial charge in [0.05, 0.1) is 27.5 Å². The lowest BCUT2D eigenvalue weighted by Gasteiger charge is -2.26. The van der Waals surface area contributed by atoms with Crippen LogP contribution in [0.2, 0.25) is 0 Å². The summed E-state index contributed by atoms with van der Waals surface area (Å²) in [5, 5.41) is -0.386. The second kappa shape index (κ2) is 14.4. The molecule has 252 valence electrons. The summed E-state index contributed by atoms with van der Waals surface area (Å²) in [5.74, 6) is -1.92. The third-order valence-electron chi connectivity index (χ3n) is 8.47. The minimum Gasteiger partial charge on any atom is -0.459 e. The van der Waals surface area contributed by atoms with E-state index in [-0.39, 0.29) is 27.7 Å². The summed E-state index contributed by atoms with van der Waals surface area (Å²) in [7, 11) is 0. The summed E-state index contributed by atoms with van der Waals surface area (Å²) in [6, 6.07) is 34.1. The molecule has 1 aromatic heterocycles. The number of aromatic amines is 1. The van der Waals surface area contributed by atoms with Crippen molar-refractivity contribution in [2.24, 2.45) is 0 Å². The molecule has 50 heavy (non-hydrogen) atoms. The van der Waals surface area contributed by atoms with Crippen LogP contribution in [-0.2, 0) is 24.7 Å². The number of fused-ring (bicyclic) bond motifs is 1. The summed E-state index contributed by atoms with van der Waals surface area (Å²) in [6.07, 6.45) is -5.34. The minimum atomic E-state index is -1.41. The van der Waals surface area contributed by atoms with Gasteiger partial charge in [-0.3, -0.25) is 14.3 Å². The fraction of sp³-hybridized carbons (Fsp3) is 0.184. The fourth-order valence-electron chi connectivity index (χ4n) is 6.10. The number of esters is 3. The third-order valence-corrected chi connectivity index (χ3v) is 9.75. The highest BCUT2D eigenvalue weighted by atomic mass is 32.2. The molecule has 12 heteroatoms. The molecular formula is C38H30N2O9S. The zero-order valence-corrected chi connectivity index (χ0v) is 27.2. The monoisotopic (exact) mass is 690 g/mol. The number of ether oxygens (including phenoxy) is 4. The average Bonchev–Trinajstić information content (AvgIpc) is 3.74. The lowest BCUT2D eigenvalue weighted by molar-refractivity contribution is -0.0649. The molecule has 0 amide bonds. The molecular weight excluding hydrogens is 660 g/mol. The summed E-state index contributed by atoms with van der Waals surface area (Å²) in [6.45, 7) is -0.419. The number of nitrogens with one attached hydrogen (secondary N) is 1. The summed E-state index contributed by atoms with van der Waals surface area (Å²) in [4.78, 5) is 69.6. The van der Waals surface area contributed by atoms with Gasteiger partial charge in [0.15, 0.2) is 18.4 Å². The molecule has 2 aliphatic rings.